The molecule has 0 bridgehead atoms. The maximum absolute atomic E-state index is 12.3. The predicted octanol–water partition coefficient (Wildman–Crippen LogP) is 2.19. The molecule has 0 aliphatic heterocycles. The summed E-state index contributed by atoms with van der Waals surface area (Å²) in [7, 11) is 1.31. The highest BCUT2D eigenvalue weighted by Crippen LogP contribution is 2.36. The van der Waals surface area contributed by atoms with Gasteiger partial charge in [-0.05, 0) is 30.0 Å². The molecule has 2 aromatic carbocycles. The van der Waals surface area contributed by atoms with Crippen molar-refractivity contribution >= 4 is 22.4 Å². The van der Waals surface area contributed by atoms with E-state index in [2.05, 4.69) is 9.68 Å². The Morgan fingerprint density at radius 3 is 2.32 bits per heavy atom. The summed E-state index contributed by atoms with van der Waals surface area (Å²) in [5.41, 5.74) is 0.248. The summed E-state index contributed by atoms with van der Waals surface area (Å²) in [6, 6.07) is 7.56. The van der Waals surface area contributed by atoms with Gasteiger partial charge in [0.1, 0.15) is 13.2 Å². The summed E-state index contributed by atoms with van der Waals surface area (Å²) in [4.78, 5) is 52.0. The molecule has 166 valence electrons. The third-order valence-corrected chi connectivity index (χ3v) is 4.25. The highest BCUT2D eigenvalue weighted by atomic mass is 17.0. The number of nitrogens with zero attached hydrogens (tertiary/aromatic N) is 3. The van der Waals surface area contributed by atoms with Crippen molar-refractivity contribution in [1.82, 2.24) is 0 Å². The molecule has 31 heavy (non-hydrogen) atoms. The molecular weight excluding hydrogens is 422 g/mol. The molecule has 14 nitrogen and oxygen atoms in total. The van der Waals surface area contributed by atoms with Crippen LogP contribution in [-0.2, 0) is 19.2 Å². The standard InChI is InChI=1S/C17H17N3O11/c1-10(17(21)29-8-13(31-20(26)27)9-30-19(24)25)11-3-5-14-12(7-11)4-6-15(28-2)16(14)18(22)23/h3-7,10,13H,8-9H2,1-2H3/t10-,13?/m0/s1. The SMILES string of the molecule is COc1ccc2cc([C@H](C)C(=O)OCC(CO[N+](=O)[O-])O[N+](=O)[O-])ccc2c1[N+](=O)[O-]. The van der Waals surface area contributed by atoms with Gasteiger partial charge in [-0.1, -0.05) is 18.2 Å². The van der Waals surface area contributed by atoms with E-state index < -0.39 is 46.3 Å². The first-order valence-corrected chi connectivity index (χ1v) is 8.64. The van der Waals surface area contributed by atoms with E-state index >= 15 is 0 Å². The van der Waals surface area contributed by atoms with Gasteiger partial charge in [-0.3, -0.25) is 14.9 Å². The van der Waals surface area contributed by atoms with Crippen molar-refractivity contribution in [3.05, 3.63) is 66.2 Å². The van der Waals surface area contributed by atoms with E-state index in [0.29, 0.717) is 16.3 Å². The number of ether oxygens (including phenoxy) is 2. The highest BCUT2D eigenvalue weighted by Gasteiger charge is 2.24. The molecule has 0 N–H and O–H groups in total. The van der Waals surface area contributed by atoms with Crippen molar-refractivity contribution in [3.8, 4) is 5.75 Å². The van der Waals surface area contributed by atoms with Crippen molar-refractivity contribution in [2.45, 2.75) is 18.9 Å². The molecule has 0 aromatic heterocycles. The Kier molecular flexibility index (Phi) is 7.43. The Balaban J connectivity index is 2.16. The number of nitro benzene ring substituents is 1. The van der Waals surface area contributed by atoms with Crippen molar-refractivity contribution < 1.29 is 39.0 Å². The number of methoxy groups -OCH3 is 1. The van der Waals surface area contributed by atoms with E-state index in [4.69, 9.17) is 9.47 Å². The maximum atomic E-state index is 12.3. The number of rotatable bonds is 11. The fourth-order valence-electron chi connectivity index (χ4n) is 2.75. The molecule has 0 saturated carbocycles. The van der Waals surface area contributed by atoms with Gasteiger partial charge >= 0.3 is 11.7 Å². The molecular formula is C17H17N3O11. The second-order valence-electron chi connectivity index (χ2n) is 6.18. The summed E-state index contributed by atoms with van der Waals surface area (Å²) in [6.45, 7) is 0.0314. The Hall–Kier alpha value is -4.23. The van der Waals surface area contributed by atoms with E-state index in [9.17, 15) is 35.1 Å². The summed E-state index contributed by atoms with van der Waals surface area (Å²) >= 11 is 0. The fourth-order valence-corrected chi connectivity index (χ4v) is 2.75. The van der Waals surface area contributed by atoms with Crippen LogP contribution in [0.3, 0.4) is 0 Å². The number of fused-ring (bicyclic) bond motifs is 1. The largest absolute Gasteiger partial charge is 0.490 e. The molecule has 2 atom stereocenters. The molecule has 0 fully saturated rings. The number of benzene rings is 2. The van der Waals surface area contributed by atoms with Crippen LogP contribution in [0.1, 0.15) is 18.4 Å². The normalized spacial score (nSPS) is 12.5. The highest BCUT2D eigenvalue weighted by molar-refractivity contribution is 5.94. The number of carbonyl (C=O) groups excluding carboxylic acids is 1. The van der Waals surface area contributed by atoms with Crippen LogP contribution in [0.4, 0.5) is 5.69 Å². The molecule has 0 saturated heterocycles. The van der Waals surface area contributed by atoms with Gasteiger partial charge < -0.3 is 19.1 Å². The molecule has 0 aliphatic rings. The fraction of sp³-hybridized carbons (Fsp3) is 0.353. The lowest BCUT2D eigenvalue weighted by molar-refractivity contribution is -0.790. The smallest absolute Gasteiger partial charge is 0.318 e. The Morgan fingerprint density at radius 2 is 1.74 bits per heavy atom. The maximum Gasteiger partial charge on any atom is 0.318 e. The van der Waals surface area contributed by atoms with Crippen LogP contribution in [0.5, 0.6) is 5.75 Å². The third-order valence-electron chi connectivity index (χ3n) is 4.25. The second kappa shape index (κ2) is 10.00. The summed E-state index contributed by atoms with van der Waals surface area (Å²) < 4.78 is 9.98. The number of hydrogen-bond acceptors (Lipinski definition) is 11. The number of esters is 1. The first-order valence-electron chi connectivity index (χ1n) is 8.64. The zero-order chi connectivity index (χ0) is 23.1. The molecule has 0 aliphatic carbocycles. The minimum Gasteiger partial charge on any atom is -0.490 e. The Morgan fingerprint density at radius 1 is 1.03 bits per heavy atom. The Labute approximate surface area is 173 Å². The molecule has 1 unspecified atom stereocenters. The molecule has 0 amide bonds. The van der Waals surface area contributed by atoms with Crippen LogP contribution in [-0.4, -0.2) is 47.5 Å². The van der Waals surface area contributed by atoms with Gasteiger partial charge in [0.2, 0.25) is 0 Å². The van der Waals surface area contributed by atoms with Gasteiger partial charge in [0.25, 0.3) is 10.2 Å². The summed E-state index contributed by atoms with van der Waals surface area (Å²) in [5.74, 6) is -1.55. The average molecular weight is 439 g/mol. The molecule has 2 rings (SSSR count). The minimum absolute atomic E-state index is 0.0893. The van der Waals surface area contributed by atoms with Crippen LogP contribution in [0.15, 0.2) is 30.3 Å². The van der Waals surface area contributed by atoms with E-state index in [1.807, 2.05) is 0 Å². The van der Waals surface area contributed by atoms with Gasteiger partial charge in [0.15, 0.2) is 11.9 Å². The van der Waals surface area contributed by atoms with E-state index in [-0.39, 0.29) is 11.4 Å². The van der Waals surface area contributed by atoms with Crippen molar-refractivity contribution in [1.29, 1.82) is 0 Å². The van der Waals surface area contributed by atoms with Crippen LogP contribution >= 0.6 is 0 Å². The lowest BCUT2D eigenvalue weighted by Crippen LogP contribution is -2.31. The van der Waals surface area contributed by atoms with E-state index in [1.165, 1.54) is 32.2 Å². The van der Waals surface area contributed by atoms with Crippen molar-refractivity contribution in [2.24, 2.45) is 0 Å². The van der Waals surface area contributed by atoms with E-state index in [0.717, 1.165) is 0 Å². The van der Waals surface area contributed by atoms with Gasteiger partial charge in [-0.15, -0.1) is 20.2 Å². The quantitative estimate of drug-likeness (QED) is 0.284. The third kappa shape index (κ3) is 5.88. The predicted molar refractivity (Wildman–Crippen MR) is 101 cm³/mol. The molecule has 2 aromatic rings. The van der Waals surface area contributed by atoms with Crippen LogP contribution in [0.25, 0.3) is 10.8 Å². The summed E-state index contributed by atoms with van der Waals surface area (Å²) in [6.07, 6.45) is -1.50. The number of hydrogen-bond donors (Lipinski definition) is 0. The van der Waals surface area contributed by atoms with Crippen LogP contribution < -0.4 is 4.74 Å². The summed E-state index contributed by atoms with van der Waals surface area (Å²) in [5, 5.41) is 30.5. The van der Waals surface area contributed by atoms with Crippen molar-refractivity contribution in [2.75, 3.05) is 20.3 Å². The number of nitro groups is 1. The lowest BCUT2D eigenvalue weighted by Gasteiger charge is -2.17. The first-order chi connectivity index (χ1) is 14.6. The van der Waals surface area contributed by atoms with E-state index in [1.54, 1.807) is 12.1 Å². The molecule has 14 heteroatoms. The van der Waals surface area contributed by atoms with Gasteiger partial charge in [0, 0.05) is 0 Å². The van der Waals surface area contributed by atoms with Gasteiger partial charge in [0.05, 0.1) is 23.3 Å². The zero-order valence-corrected chi connectivity index (χ0v) is 16.3. The first kappa shape index (κ1) is 23.1. The topological polar surface area (TPSA) is 183 Å². The molecule has 0 radical (unpaired) electrons. The number of carbonyl (C=O) groups is 1. The zero-order valence-electron chi connectivity index (χ0n) is 16.3. The average Bonchev–Trinajstić information content (AvgIpc) is 2.72. The van der Waals surface area contributed by atoms with Crippen LogP contribution in [0, 0.1) is 30.3 Å². The second-order valence-corrected chi connectivity index (χ2v) is 6.18. The van der Waals surface area contributed by atoms with Gasteiger partial charge in [-0.25, -0.2) is 0 Å². The molecule has 0 heterocycles. The lowest BCUT2D eigenvalue weighted by atomic mass is 9.97. The van der Waals surface area contributed by atoms with Crippen molar-refractivity contribution in [3.63, 3.8) is 0 Å². The molecule has 0 spiro atoms. The Bertz CT molecular complexity index is 1010. The van der Waals surface area contributed by atoms with Gasteiger partial charge in [-0.2, -0.15) is 0 Å². The van der Waals surface area contributed by atoms with Crippen LogP contribution in [0.2, 0.25) is 0 Å². The monoisotopic (exact) mass is 439 g/mol. The minimum atomic E-state index is -1.50.